The number of halogens is 2. The van der Waals surface area contributed by atoms with Crippen LogP contribution in [0, 0.1) is 0 Å². The SMILES string of the molecule is CCOc1cccc(NC(=S)NC(=O)c2cc(Cl)cc(Cl)c2)c1. The van der Waals surface area contributed by atoms with Gasteiger partial charge in [0.1, 0.15) is 5.75 Å². The molecule has 0 aliphatic heterocycles. The summed E-state index contributed by atoms with van der Waals surface area (Å²) in [5.41, 5.74) is 1.04. The third-order valence-corrected chi connectivity index (χ3v) is 3.40. The van der Waals surface area contributed by atoms with E-state index in [2.05, 4.69) is 10.6 Å². The Kier molecular flexibility index (Phi) is 6.21. The molecule has 0 unspecified atom stereocenters. The highest BCUT2D eigenvalue weighted by atomic mass is 35.5. The van der Waals surface area contributed by atoms with Gasteiger partial charge in [0.2, 0.25) is 0 Å². The van der Waals surface area contributed by atoms with Gasteiger partial charge in [-0.25, -0.2) is 0 Å². The maximum absolute atomic E-state index is 12.1. The number of carbonyl (C=O) groups is 1. The maximum Gasteiger partial charge on any atom is 0.257 e. The van der Waals surface area contributed by atoms with E-state index in [1.807, 2.05) is 25.1 Å². The Hall–Kier alpha value is -1.82. The highest BCUT2D eigenvalue weighted by Crippen LogP contribution is 2.19. The van der Waals surface area contributed by atoms with Crippen molar-refractivity contribution in [3.8, 4) is 5.75 Å². The van der Waals surface area contributed by atoms with Crippen molar-refractivity contribution in [1.29, 1.82) is 0 Å². The Morgan fingerprint density at radius 1 is 1.17 bits per heavy atom. The summed E-state index contributed by atoms with van der Waals surface area (Å²) in [5.74, 6) is 0.320. The second kappa shape index (κ2) is 8.15. The van der Waals surface area contributed by atoms with Gasteiger partial charge in [0.15, 0.2) is 5.11 Å². The van der Waals surface area contributed by atoms with Crippen LogP contribution in [0.15, 0.2) is 42.5 Å². The van der Waals surface area contributed by atoms with Crippen LogP contribution in [0.3, 0.4) is 0 Å². The van der Waals surface area contributed by atoms with Crippen LogP contribution in [-0.4, -0.2) is 17.6 Å². The van der Waals surface area contributed by atoms with Crippen molar-refractivity contribution in [2.75, 3.05) is 11.9 Å². The van der Waals surface area contributed by atoms with Crippen molar-refractivity contribution < 1.29 is 9.53 Å². The van der Waals surface area contributed by atoms with E-state index in [-0.39, 0.29) is 5.11 Å². The van der Waals surface area contributed by atoms with Gasteiger partial charge < -0.3 is 10.1 Å². The number of nitrogens with one attached hydrogen (secondary N) is 2. The molecular weight excluding hydrogens is 355 g/mol. The molecule has 0 heterocycles. The fourth-order valence-electron chi connectivity index (χ4n) is 1.85. The van der Waals surface area contributed by atoms with Gasteiger partial charge in [-0.05, 0) is 49.5 Å². The molecule has 0 radical (unpaired) electrons. The van der Waals surface area contributed by atoms with Crippen molar-refractivity contribution in [3.63, 3.8) is 0 Å². The van der Waals surface area contributed by atoms with E-state index >= 15 is 0 Å². The average Bonchev–Trinajstić information content (AvgIpc) is 2.46. The third kappa shape index (κ3) is 5.39. The van der Waals surface area contributed by atoms with E-state index < -0.39 is 5.91 Å². The number of carbonyl (C=O) groups excluding carboxylic acids is 1. The molecule has 0 saturated heterocycles. The standard InChI is InChI=1S/C16H14Cl2N2O2S/c1-2-22-14-5-3-4-13(9-14)19-16(23)20-15(21)10-6-11(17)8-12(18)7-10/h3-9H,2H2,1H3,(H2,19,20,21,23). The lowest BCUT2D eigenvalue weighted by Gasteiger charge is -2.11. The number of rotatable bonds is 4. The van der Waals surface area contributed by atoms with Gasteiger partial charge in [-0.2, -0.15) is 0 Å². The first-order valence-corrected chi connectivity index (χ1v) is 7.95. The van der Waals surface area contributed by atoms with E-state index in [4.69, 9.17) is 40.2 Å². The molecule has 1 amide bonds. The Morgan fingerprint density at radius 3 is 2.52 bits per heavy atom. The largest absolute Gasteiger partial charge is 0.494 e. The van der Waals surface area contributed by atoms with E-state index in [0.717, 1.165) is 0 Å². The highest BCUT2D eigenvalue weighted by Gasteiger charge is 2.10. The molecule has 4 nitrogen and oxygen atoms in total. The van der Waals surface area contributed by atoms with Crippen molar-refractivity contribution >= 4 is 52.1 Å². The summed E-state index contributed by atoms with van der Waals surface area (Å²) in [7, 11) is 0. The van der Waals surface area contributed by atoms with Gasteiger partial charge in [-0.1, -0.05) is 29.3 Å². The lowest BCUT2D eigenvalue weighted by molar-refractivity contribution is 0.0977. The first-order chi connectivity index (χ1) is 11.0. The molecule has 2 aromatic carbocycles. The molecule has 120 valence electrons. The summed E-state index contributed by atoms with van der Waals surface area (Å²) in [6, 6.07) is 11.9. The smallest absolute Gasteiger partial charge is 0.257 e. The van der Waals surface area contributed by atoms with Crippen LogP contribution >= 0.6 is 35.4 Å². The molecule has 0 aliphatic rings. The zero-order valence-corrected chi connectivity index (χ0v) is 14.6. The van der Waals surface area contributed by atoms with Gasteiger partial charge in [-0.15, -0.1) is 0 Å². The Labute approximate surface area is 149 Å². The van der Waals surface area contributed by atoms with Crippen molar-refractivity contribution in [2.45, 2.75) is 6.92 Å². The second-order valence-electron chi connectivity index (χ2n) is 4.53. The lowest BCUT2D eigenvalue weighted by atomic mass is 10.2. The van der Waals surface area contributed by atoms with Crippen molar-refractivity contribution in [3.05, 3.63) is 58.1 Å². The number of thiocarbonyl (C=S) groups is 1. The van der Waals surface area contributed by atoms with Gasteiger partial charge in [0, 0.05) is 27.4 Å². The first kappa shape index (κ1) is 17.5. The molecule has 0 aromatic heterocycles. The molecule has 0 saturated carbocycles. The number of amides is 1. The van der Waals surface area contributed by atoms with Gasteiger partial charge in [-0.3, -0.25) is 10.1 Å². The molecule has 2 rings (SSSR count). The predicted molar refractivity (Wildman–Crippen MR) is 97.8 cm³/mol. The normalized spacial score (nSPS) is 10.0. The summed E-state index contributed by atoms with van der Waals surface area (Å²) in [6.45, 7) is 2.47. The number of hydrogen-bond acceptors (Lipinski definition) is 3. The molecule has 0 aliphatic carbocycles. The van der Waals surface area contributed by atoms with Crippen LogP contribution in [0.5, 0.6) is 5.75 Å². The molecule has 2 N–H and O–H groups in total. The van der Waals surface area contributed by atoms with E-state index in [9.17, 15) is 4.79 Å². The average molecular weight is 369 g/mol. The quantitative estimate of drug-likeness (QED) is 0.779. The minimum atomic E-state index is -0.395. The molecular formula is C16H14Cl2N2O2S. The monoisotopic (exact) mass is 368 g/mol. The van der Waals surface area contributed by atoms with Crippen LogP contribution < -0.4 is 15.4 Å². The summed E-state index contributed by atoms with van der Waals surface area (Å²) >= 11 is 16.9. The zero-order chi connectivity index (χ0) is 16.8. The molecule has 0 bridgehead atoms. The minimum absolute atomic E-state index is 0.166. The molecule has 0 atom stereocenters. The minimum Gasteiger partial charge on any atom is -0.494 e. The fraction of sp³-hybridized carbons (Fsp3) is 0.125. The van der Waals surface area contributed by atoms with Crippen LogP contribution in [0.4, 0.5) is 5.69 Å². The van der Waals surface area contributed by atoms with Crippen LogP contribution in [-0.2, 0) is 0 Å². The van der Waals surface area contributed by atoms with Gasteiger partial charge in [0.05, 0.1) is 6.61 Å². The number of benzene rings is 2. The fourth-order valence-corrected chi connectivity index (χ4v) is 2.59. The Balaban J connectivity index is 2.01. The van der Waals surface area contributed by atoms with Gasteiger partial charge in [0.25, 0.3) is 5.91 Å². The second-order valence-corrected chi connectivity index (χ2v) is 5.81. The summed E-state index contributed by atoms with van der Waals surface area (Å²) in [5, 5.41) is 6.43. The van der Waals surface area contributed by atoms with Crippen molar-refractivity contribution in [2.24, 2.45) is 0 Å². The number of ether oxygens (including phenoxy) is 1. The van der Waals surface area contributed by atoms with Crippen molar-refractivity contribution in [1.82, 2.24) is 5.32 Å². The topological polar surface area (TPSA) is 50.4 Å². The van der Waals surface area contributed by atoms with Crippen LogP contribution in [0.1, 0.15) is 17.3 Å². The third-order valence-electron chi connectivity index (χ3n) is 2.75. The Bertz CT molecular complexity index is 718. The highest BCUT2D eigenvalue weighted by molar-refractivity contribution is 7.80. The first-order valence-electron chi connectivity index (χ1n) is 6.79. The predicted octanol–water partition coefficient (Wildman–Crippen LogP) is 4.52. The molecule has 23 heavy (non-hydrogen) atoms. The summed E-state index contributed by atoms with van der Waals surface area (Å²) in [4.78, 5) is 12.1. The zero-order valence-electron chi connectivity index (χ0n) is 12.2. The van der Waals surface area contributed by atoms with Crippen LogP contribution in [0.2, 0.25) is 10.0 Å². The van der Waals surface area contributed by atoms with E-state index in [1.165, 1.54) is 12.1 Å². The molecule has 0 spiro atoms. The van der Waals surface area contributed by atoms with E-state index in [1.54, 1.807) is 12.1 Å². The van der Waals surface area contributed by atoms with Gasteiger partial charge >= 0.3 is 0 Å². The molecule has 7 heteroatoms. The maximum atomic E-state index is 12.1. The number of anilines is 1. The molecule has 0 fully saturated rings. The van der Waals surface area contributed by atoms with E-state index in [0.29, 0.717) is 33.7 Å². The Morgan fingerprint density at radius 2 is 1.87 bits per heavy atom. The summed E-state index contributed by atoms with van der Waals surface area (Å²) < 4.78 is 5.40. The van der Waals surface area contributed by atoms with Crippen LogP contribution in [0.25, 0.3) is 0 Å². The summed E-state index contributed by atoms with van der Waals surface area (Å²) in [6.07, 6.45) is 0. The lowest BCUT2D eigenvalue weighted by Crippen LogP contribution is -2.34. The number of hydrogen-bond donors (Lipinski definition) is 2. The molecule has 2 aromatic rings.